The van der Waals surface area contributed by atoms with Crippen LogP contribution in [0, 0.1) is 10.1 Å². The molecule has 0 aliphatic rings. The third kappa shape index (κ3) is 2.98. The first kappa shape index (κ1) is 11.9. The number of hydrogen-bond acceptors (Lipinski definition) is 4. The Balaban J connectivity index is 2.12. The molecule has 0 aliphatic heterocycles. The highest BCUT2D eigenvalue weighted by Crippen LogP contribution is 2.25. The van der Waals surface area contributed by atoms with Crippen LogP contribution in [0.25, 0.3) is 0 Å². The molecule has 0 amide bonds. The van der Waals surface area contributed by atoms with Gasteiger partial charge in [0.1, 0.15) is 5.75 Å². The highest BCUT2D eigenvalue weighted by Gasteiger charge is 2.08. The predicted octanol–water partition coefficient (Wildman–Crippen LogP) is 2.91. The molecular formula is C13H12N2O3. The Morgan fingerprint density at radius 1 is 1.17 bits per heavy atom. The summed E-state index contributed by atoms with van der Waals surface area (Å²) in [5.41, 5.74) is 1.44. The van der Waals surface area contributed by atoms with E-state index in [0.29, 0.717) is 12.2 Å². The zero-order chi connectivity index (χ0) is 13.0. The van der Waals surface area contributed by atoms with Gasteiger partial charge in [-0.2, -0.15) is 0 Å². The quantitative estimate of drug-likeness (QED) is 0.640. The van der Waals surface area contributed by atoms with Crippen LogP contribution in [-0.2, 0) is 6.54 Å². The van der Waals surface area contributed by atoms with E-state index in [9.17, 15) is 15.2 Å². The standard InChI is InChI=1S/C13H12N2O3/c16-13-7-11(6-12(8-13)15(17)18)14-9-10-4-2-1-3-5-10/h1-8,14,16H,9H2. The van der Waals surface area contributed by atoms with E-state index in [1.54, 1.807) is 0 Å². The van der Waals surface area contributed by atoms with Gasteiger partial charge in [0.05, 0.1) is 11.0 Å². The Kier molecular flexibility index (Phi) is 3.43. The third-order valence-electron chi connectivity index (χ3n) is 2.45. The number of phenols is 1. The normalized spacial score (nSPS) is 10.0. The SMILES string of the molecule is O=[N+]([O-])c1cc(O)cc(NCc2ccccc2)c1. The molecule has 0 aliphatic carbocycles. The summed E-state index contributed by atoms with van der Waals surface area (Å²) in [5.74, 6) is -0.125. The van der Waals surface area contributed by atoms with Crippen molar-refractivity contribution in [3.8, 4) is 5.75 Å². The number of non-ortho nitro benzene ring substituents is 1. The van der Waals surface area contributed by atoms with Crippen molar-refractivity contribution in [2.24, 2.45) is 0 Å². The summed E-state index contributed by atoms with van der Waals surface area (Å²) in [6.07, 6.45) is 0. The van der Waals surface area contributed by atoms with E-state index in [1.165, 1.54) is 12.1 Å². The minimum atomic E-state index is -0.534. The van der Waals surface area contributed by atoms with Crippen LogP contribution in [0.5, 0.6) is 5.75 Å². The molecule has 0 fully saturated rings. The average molecular weight is 244 g/mol. The van der Waals surface area contributed by atoms with Gasteiger partial charge in [-0.1, -0.05) is 30.3 Å². The molecule has 0 heterocycles. The van der Waals surface area contributed by atoms with E-state index in [-0.39, 0.29) is 11.4 Å². The molecule has 92 valence electrons. The molecule has 2 N–H and O–H groups in total. The minimum absolute atomic E-state index is 0.125. The molecule has 2 rings (SSSR count). The number of nitro benzene ring substituents is 1. The first-order valence-electron chi connectivity index (χ1n) is 5.41. The number of hydrogen-bond donors (Lipinski definition) is 2. The lowest BCUT2D eigenvalue weighted by Crippen LogP contribution is -1.99. The molecule has 0 atom stereocenters. The Labute approximate surface area is 104 Å². The van der Waals surface area contributed by atoms with E-state index < -0.39 is 4.92 Å². The maximum atomic E-state index is 10.6. The number of rotatable bonds is 4. The maximum Gasteiger partial charge on any atom is 0.275 e. The summed E-state index contributed by atoms with van der Waals surface area (Å²) in [5, 5.41) is 23.1. The number of nitrogens with zero attached hydrogens (tertiary/aromatic N) is 1. The molecular weight excluding hydrogens is 232 g/mol. The van der Waals surface area contributed by atoms with E-state index in [0.717, 1.165) is 11.6 Å². The Morgan fingerprint density at radius 3 is 2.56 bits per heavy atom. The molecule has 5 heteroatoms. The molecule has 0 bridgehead atoms. The molecule has 0 unspecified atom stereocenters. The summed E-state index contributed by atoms with van der Waals surface area (Å²) in [7, 11) is 0. The first-order chi connectivity index (χ1) is 8.65. The fourth-order valence-corrected chi connectivity index (χ4v) is 1.60. The second-order valence-corrected chi connectivity index (χ2v) is 3.83. The van der Waals surface area contributed by atoms with Crippen LogP contribution in [0.15, 0.2) is 48.5 Å². The Bertz CT molecular complexity index is 555. The van der Waals surface area contributed by atoms with Crippen molar-refractivity contribution in [3.05, 3.63) is 64.2 Å². The van der Waals surface area contributed by atoms with Crippen LogP contribution in [-0.4, -0.2) is 10.0 Å². The predicted molar refractivity (Wildman–Crippen MR) is 68.5 cm³/mol. The first-order valence-corrected chi connectivity index (χ1v) is 5.41. The number of nitro groups is 1. The molecule has 0 saturated carbocycles. The van der Waals surface area contributed by atoms with Gasteiger partial charge in [0.2, 0.25) is 0 Å². The van der Waals surface area contributed by atoms with Crippen molar-refractivity contribution in [3.63, 3.8) is 0 Å². The van der Waals surface area contributed by atoms with Crippen molar-refractivity contribution in [1.29, 1.82) is 0 Å². The molecule has 18 heavy (non-hydrogen) atoms. The van der Waals surface area contributed by atoms with Crippen molar-refractivity contribution in [1.82, 2.24) is 0 Å². The third-order valence-corrected chi connectivity index (χ3v) is 2.45. The number of benzene rings is 2. The van der Waals surface area contributed by atoms with Crippen molar-refractivity contribution >= 4 is 11.4 Å². The minimum Gasteiger partial charge on any atom is -0.508 e. The lowest BCUT2D eigenvalue weighted by molar-refractivity contribution is -0.384. The number of nitrogens with one attached hydrogen (secondary N) is 1. The van der Waals surface area contributed by atoms with E-state index in [2.05, 4.69) is 5.32 Å². The van der Waals surface area contributed by atoms with Crippen LogP contribution in [0.1, 0.15) is 5.56 Å². The van der Waals surface area contributed by atoms with Gasteiger partial charge in [-0.3, -0.25) is 10.1 Å². The number of anilines is 1. The molecule has 2 aromatic rings. The summed E-state index contributed by atoms with van der Waals surface area (Å²) < 4.78 is 0. The molecule has 0 saturated heterocycles. The largest absolute Gasteiger partial charge is 0.508 e. The zero-order valence-electron chi connectivity index (χ0n) is 9.54. The van der Waals surface area contributed by atoms with Gasteiger partial charge in [0.15, 0.2) is 0 Å². The second kappa shape index (κ2) is 5.18. The lowest BCUT2D eigenvalue weighted by atomic mass is 10.2. The highest BCUT2D eigenvalue weighted by molar-refractivity contribution is 5.56. The monoisotopic (exact) mass is 244 g/mol. The number of phenolic OH excluding ortho intramolecular Hbond substituents is 1. The molecule has 0 aromatic heterocycles. The van der Waals surface area contributed by atoms with Crippen molar-refractivity contribution in [2.75, 3.05) is 5.32 Å². The fourth-order valence-electron chi connectivity index (χ4n) is 1.60. The van der Waals surface area contributed by atoms with Crippen LogP contribution < -0.4 is 5.32 Å². The van der Waals surface area contributed by atoms with Gasteiger partial charge >= 0.3 is 0 Å². The summed E-state index contributed by atoms with van der Waals surface area (Å²) >= 11 is 0. The Hall–Kier alpha value is -2.56. The number of aromatic hydroxyl groups is 1. The smallest absolute Gasteiger partial charge is 0.275 e. The topological polar surface area (TPSA) is 75.4 Å². The fraction of sp³-hybridized carbons (Fsp3) is 0.0769. The molecule has 2 aromatic carbocycles. The summed E-state index contributed by atoms with van der Waals surface area (Å²) in [6.45, 7) is 0.543. The van der Waals surface area contributed by atoms with Gasteiger partial charge in [-0.25, -0.2) is 0 Å². The van der Waals surface area contributed by atoms with Gasteiger partial charge in [0, 0.05) is 24.4 Å². The van der Waals surface area contributed by atoms with E-state index >= 15 is 0 Å². The molecule has 5 nitrogen and oxygen atoms in total. The van der Waals surface area contributed by atoms with Gasteiger partial charge in [-0.05, 0) is 5.56 Å². The van der Waals surface area contributed by atoms with Gasteiger partial charge in [0.25, 0.3) is 5.69 Å². The summed E-state index contributed by atoms with van der Waals surface area (Å²) in [4.78, 5) is 10.1. The second-order valence-electron chi connectivity index (χ2n) is 3.83. The Morgan fingerprint density at radius 2 is 1.89 bits per heavy atom. The molecule has 0 radical (unpaired) electrons. The molecule has 0 spiro atoms. The van der Waals surface area contributed by atoms with Crippen molar-refractivity contribution < 1.29 is 10.0 Å². The summed E-state index contributed by atoms with van der Waals surface area (Å²) in [6, 6.07) is 13.6. The van der Waals surface area contributed by atoms with Crippen LogP contribution in [0.4, 0.5) is 11.4 Å². The lowest BCUT2D eigenvalue weighted by Gasteiger charge is -2.06. The van der Waals surface area contributed by atoms with Crippen LogP contribution in [0.3, 0.4) is 0 Å². The van der Waals surface area contributed by atoms with Crippen molar-refractivity contribution in [2.45, 2.75) is 6.54 Å². The van der Waals surface area contributed by atoms with E-state index in [1.807, 2.05) is 30.3 Å². The van der Waals surface area contributed by atoms with Gasteiger partial charge < -0.3 is 10.4 Å². The maximum absolute atomic E-state index is 10.6. The van der Waals surface area contributed by atoms with Crippen LogP contribution in [0.2, 0.25) is 0 Å². The average Bonchev–Trinajstić information content (AvgIpc) is 2.37. The van der Waals surface area contributed by atoms with Crippen LogP contribution >= 0.6 is 0 Å². The highest BCUT2D eigenvalue weighted by atomic mass is 16.6. The zero-order valence-corrected chi connectivity index (χ0v) is 9.54. The van der Waals surface area contributed by atoms with Gasteiger partial charge in [-0.15, -0.1) is 0 Å². The van der Waals surface area contributed by atoms with E-state index in [4.69, 9.17) is 0 Å².